The summed E-state index contributed by atoms with van der Waals surface area (Å²) in [6, 6.07) is 20.1. The van der Waals surface area contributed by atoms with E-state index in [2.05, 4.69) is 30.5 Å². The lowest BCUT2D eigenvalue weighted by atomic mass is 10.1. The summed E-state index contributed by atoms with van der Waals surface area (Å²) < 4.78 is 20.6. The van der Waals surface area contributed by atoms with E-state index in [0.29, 0.717) is 13.2 Å². The Hall–Kier alpha value is -3.18. The molecule has 0 bridgehead atoms. The number of benzene rings is 3. The number of aromatic nitrogens is 2. The van der Waals surface area contributed by atoms with Crippen LogP contribution in [0.4, 0.5) is 0 Å². The molecule has 3 aromatic carbocycles. The molecule has 6 heteroatoms. The number of hydrogen-bond donors (Lipinski definition) is 0. The molecule has 0 aliphatic heterocycles. The van der Waals surface area contributed by atoms with Crippen LogP contribution in [-0.4, -0.2) is 28.9 Å². The Kier molecular flexibility index (Phi) is 9.34. The molecule has 0 spiro atoms. The first kappa shape index (κ1) is 26.9. The summed E-state index contributed by atoms with van der Waals surface area (Å²) in [7, 11) is 0. The third-order valence-corrected chi connectivity index (χ3v) is 6.31. The lowest BCUT2D eigenvalue weighted by molar-refractivity contribution is 0.241. The van der Waals surface area contributed by atoms with E-state index >= 15 is 0 Å². The number of halogens is 1. The van der Waals surface area contributed by atoms with Gasteiger partial charge in [0.05, 0.1) is 35.9 Å². The molecular formula is C31H37ClN2O3. The molecule has 0 saturated heterocycles. The number of imidazole rings is 1. The van der Waals surface area contributed by atoms with Gasteiger partial charge in [-0.15, -0.1) is 0 Å². The summed E-state index contributed by atoms with van der Waals surface area (Å²) in [5, 5.41) is 0.741. The van der Waals surface area contributed by atoms with Crippen molar-refractivity contribution in [3.8, 4) is 28.6 Å². The lowest BCUT2D eigenvalue weighted by Gasteiger charge is -2.17. The van der Waals surface area contributed by atoms with Crippen LogP contribution in [-0.2, 0) is 13.0 Å². The van der Waals surface area contributed by atoms with Crippen LogP contribution in [0.2, 0.25) is 5.02 Å². The minimum atomic E-state index is 0.0191. The van der Waals surface area contributed by atoms with Crippen LogP contribution in [0.25, 0.3) is 22.4 Å². The van der Waals surface area contributed by atoms with Gasteiger partial charge in [-0.1, -0.05) is 44.0 Å². The summed E-state index contributed by atoms with van der Waals surface area (Å²) in [5.41, 5.74) is 4.18. The zero-order chi connectivity index (χ0) is 26.2. The Balaban J connectivity index is 1.65. The molecule has 0 radical (unpaired) electrons. The highest BCUT2D eigenvalue weighted by atomic mass is 35.5. The van der Waals surface area contributed by atoms with Crippen molar-refractivity contribution in [2.75, 3.05) is 13.2 Å². The van der Waals surface area contributed by atoms with Crippen molar-refractivity contribution >= 4 is 22.6 Å². The largest absolute Gasteiger partial charge is 0.494 e. The van der Waals surface area contributed by atoms with Crippen molar-refractivity contribution in [1.82, 2.24) is 9.55 Å². The lowest BCUT2D eigenvalue weighted by Crippen LogP contribution is -2.09. The predicted molar refractivity (Wildman–Crippen MR) is 152 cm³/mol. The van der Waals surface area contributed by atoms with Gasteiger partial charge in [0.25, 0.3) is 0 Å². The van der Waals surface area contributed by atoms with E-state index in [1.165, 1.54) is 5.56 Å². The summed E-state index contributed by atoms with van der Waals surface area (Å²) in [6.07, 6.45) is 3.95. The maximum atomic E-state index is 6.28. The van der Waals surface area contributed by atoms with Crippen molar-refractivity contribution in [1.29, 1.82) is 0 Å². The van der Waals surface area contributed by atoms with E-state index in [1.54, 1.807) is 0 Å². The van der Waals surface area contributed by atoms with Crippen molar-refractivity contribution in [2.24, 2.45) is 0 Å². The molecule has 0 aliphatic rings. The highest BCUT2D eigenvalue weighted by molar-refractivity contribution is 6.30. The average Bonchev–Trinajstić information content (AvgIpc) is 3.24. The van der Waals surface area contributed by atoms with Gasteiger partial charge in [-0.25, -0.2) is 4.98 Å². The summed E-state index contributed by atoms with van der Waals surface area (Å²) >= 11 is 6.00. The Labute approximate surface area is 225 Å². The molecule has 4 aromatic rings. The van der Waals surface area contributed by atoms with Crippen molar-refractivity contribution < 1.29 is 14.2 Å². The number of aryl methyl sites for hydroxylation is 1. The standard InChI is InChI=1S/C31H37ClN2O3/c1-5-7-17-34-29-20-25(35-18-6-2)13-15-28(29)33-31(34)27-14-12-26(21-30(27)37-22(3)4)36-19-16-23-8-10-24(32)11-9-23/h8-15,20-22H,5-7,16-19H2,1-4H3. The van der Waals surface area contributed by atoms with E-state index in [1.807, 2.05) is 62.4 Å². The van der Waals surface area contributed by atoms with Crippen LogP contribution < -0.4 is 14.2 Å². The molecule has 5 nitrogen and oxygen atoms in total. The van der Waals surface area contributed by atoms with Crippen molar-refractivity contribution in [3.05, 3.63) is 71.2 Å². The van der Waals surface area contributed by atoms with Crippen molar-refractivity contribution in [2.45, 2.75) is 66.0 Å². The molecule has 0 unspecified atom stereocenters. The van der Waals surface area contributed by atoms with Crippen LogP contribution in [0.5, 0.6) is 17.2 Å². The van der Waals surface area contributed by atoms with Crippen LogP contribution in [0.1, 0.15) is 52.5 Å². The van der Waals surface area contributed by atoms with E-state index < -0.39 is 0 Å². The van der Waals surface area contributed by atoms with E-state index in [4.69, 9.17) is 30.8 Å². The maximum Gasteiger partial charge on any atom is 0.144 e. The smallest absolute Gasteiger partial charge is 0.144 e. The number of rotatable bonds is 13. The first-order chi connectivity index (χ1) is 18.0. The number of fused-ring (bicyclic) bond motifs is 1. The quantitative estimate of drug-likeness (QED) is 0.178. The predicted octanol–water partition coefficient (Wildman–Crippen LogP) is 8.35. The first-order valence-electron chi connectivity index (χ1n) is 13.3. The van der Waals surface area contributed by atoms with Crippen LogP contribution in [0, 0.1) is 0 Å². The zero-order valence-electron chi connectivity index (χ0n) is 22.3. The SMILES string of the molecule is CCCCn1c(-c2ccc(OCCc3ccc(Cl)cc3)cc2OC(C)C)nc2ccc(OCCC)cc21. The molecule has 4 rings (SSSR count). The molecule has 0 N–H and O–H groups in total. The second kappa shape index (κ2) is 12.9. The zero-order valence-corrected chi connectivity index (χ0v) is 23.1. The second-order valence-electron chi connectivity index (χ2n) is 9.49. The van der Waals surface area contributed by atoms with Crippen LogP contribution in [0.3, 0.4) is 0 Å². The molecule has 0 saturated carbocycles. The summed E-state index contributed by atoms with van der Waals surface area (Å²) in [5.74, 6) is 3.33. The van der Waals surface area contributed by atoms with Gasteiger partial charge in [-0.05, 0) is 68.7 Å². The van der Waals surface area contributed by atoms with Gasteiger partial charge in [0.15, 0.2) is 0 Å². The van der Waals surface area contributed by atoms with E-state index in [0.717, 1.165) is 76.9 Å². The Bertz CT molecular complexity index is 1300. The molecule has 196 valence electrons. The van der Waals surface area contributed by atoms with Gasteiger partial charge in [0.2, 0.25) is 0 Å². The Morgan fingerprint density at radius 3 is 2.32 bits per heavy atom. The van der Waals surface area contributed by atoms with Crippen molar-refractivity contribution in [3.63, 3.8) is 0 Å². The molecule has 0 atom stereocenters. The average molecular weight is 521 g/mol. The normalized spacial score (nSPS) is 11.3. The van der Waals surface area contributed by atoms with Gasteiger partial charge >= 0.3 is 0 Å². The Morgan fingerprint density at radius 2 is 1.59 bits per heavy atom. The van der Waals surface area contributed by atoms with Gasteiger partial charge in [0.1, 0.15) is 23.1 Å². The van der Waals surface area contributed by atoms with Gasteiger partial charge in [0, 0.05) is 30.1 Å². The first-order valence-corrected chi connectivity index (χ1v) is 13.7. The molecule has 0 fully saturated rings. The monoisotopic (exact) mass is 520 g/mol. The third-order valence-electron chi connectivity index (χ3n) is 6.06. The van der Waals surface area contributed by atoms with Crippen LogP contribution in [0.15, 0.2) is 60.7 Å². The maximum absolute atomic E-state index is 6.28. The fourth-order valence-electron chi connectivity index (χ4n) is 4.23. The highest BCUT2D eigenvalue weighted by Crippen LogP contribution is 2.36. The number of hydrogen-bond acceptors (Lipinski definition) is 4. The topological polar surface area (TPSA) is 45.5 Å². The van der Waals surface area contributed by atoms with Gasteiger partial charge < -0.3 is 18.8 Å². The minimum absolute atomic E-state index is 0.0191. The molecular weight excluding hydrogens is 484 g/mol. The van der Waals surface area contributed by atoms with E-state index in [-0.39, 0.29) is 6.10 Å². The summed E-state index contributed by atoms with van der Waals surface area (Å²) in [6.45, 7) is 10.5. The molecule has 1 aromatic heterocycles. The molecule has 1 heterocycles. The van der Waals surface area contributed by atoms with Gasteiger partial charge in [-0.3, -0.25) is 0 Å². The third kappa shape index (κ3) is 6.98. The summed E-state index contributed by atoms with van der Waals surface area (Å²) in [4.78, 5) is 5.04. The fraction of sp³-hybridized carbons (Fsp3) is 0.387. The number of ether oxygens (including phenoxy) is 3. The second-order valence-corrected chi connectivity index (χ2v) is 9.93. The molecule has 0 amide bonds. The van der Waals surface area contributed by atoms with E-state index in [9.17, 15) is 0 Å². The van der Waals surface area contributed by atoms with Crippen LogP contribution >= 0.6 is 11.6 Å². The molecule has 37 heavy (non-hydrogen) atoms. The minimum Gasteiger partial charge on any atom is -0.494 e. The van der Waals surface area contributed by atoms with Gasteiger partial charge in [-0.2, -0.15) is 0 Å². The Morgan fingerprint density at radius 1 is 0.865 bits per heavy atom. The molecule has 0 aliphatic carbocycles. The number of nitrogens with zero attached hydrogens (tertiary/aromatic N) is 2. The number of unbranched alkanes of at least 4 members (excludes halogenated alkanes) is 1. The fourth-order valence-corrected chi connectivity index (χ4v) is 4.35. The highest BCUT2D eigenvalue weighted by Gasteiger charge is 2.19.